The third-order valence-corrected chi connectivity index (χ3v) is 2.93. The summed E-state index contributed by atoms with van der Waals surface area (Å²) < 4.78 is 0. The van der Waals surface area contributed by atoms with E-state index in [2.05, 4.69) is 74.2 Å². The van der Waals surface area contributed by atoms with E-state index in [1.54, 1.807) is 0 Å². The summed E-state index contributed by atoms with van der Waals surface area (Å²) in [5.74, 6) is 7.32. The molecule has 2 aromatic carbocycles. The molecule has 0 heteroatoms. The van der Waals surface area contributed by atoms with Crippen LogP contribution in [0.5, 0.6) is 0 Å². The zero-order chi connectivity index (χ0) is 13.0. The molecule has 0 heterocycles. The van der Waals surface area contributed by atoms with Gasteiger partial charge in [-0.05, 0) is 79.4 Å². The molecule has 88 valence electrons. The topological polar surface area (TPSA) is 0 Å². The number of hydrogen-bond acceptors (Lipinski definition) is 0. The summed E-state index contributed by atoms with van der Waals surface area (Å²) in [6, 6.07) is 17.0. The Hall–Kier alpha value is -2.13. The first kappa shape index (κ1) is 12.3. The first-order valence-electron chi connectivity index (χ1n) is 6.14. The minimum Gasteiger partial charge on any atom is -0.0386 e. The van der Waals surface area contributed by atoms with Gasteiger partial charge in [-0.1, -0.05) is 0 Å². The molecule has 0 atom stereocenters. The van der Waals surface area contributed by atoms with Crippen molar-refractivity contribution in [1.29, 1.82) is 0 Å². The second-order valence-corrected chi connectivity index (χ2v) is 4.48. The van der Waals surface area contributed by atoms with Crippen LogP contribution in [0.25, 0.3) is 0 Å². The number of benzene rings is 2. The molecule has 0 aliphatic carbocycles. The molecule has 2 rings (SSSR count). The third-order valence-electron chi connectivity index (χ3n) is 2.93. The van der Waals surface area contributed by atoms with Crippen molar-refractivity contribution < 1.29 is 0 Å². The second kappa shape index (κ2) is 5.47. The number of aryl methyl sites for hydroxylation is 2. The molecule has 0 fully saturated rings. The van der Waals surface area contributed by atoms with Crippen LogP contribution in [0.4, 0.5) is 0 Å². The van der Waals surface area contributed by atoms with Crippen molar-refractivity contribution in [1.82, 2.24) is 0 Å². The normalized spacial score (nSPS) is 9.50. The van der Waals surface area contributed by atoms with E-state index in [0.717, 1.165) is 5.92 Å². The predicted molar refractivity (Wildman–Crippen MR) is 77.3 cm³/mol. The molecule has 0 bridgehead atoms. The average Bonchev–Trinajstić information content (AvgIpc) is 2.39. The number of hydrogen-bond donors (Lipinski definition) is 0. The van der Waals surface area contributed by atoms with Crippen LogP contribution >= 0.6 is 0 Å². The largest absolute Gasteiger partial charge is 0.112 e. The fraction of sp³-hybridized carbons (Fsp3) is 0.167. The molecule has 0 aromatic heterocycles. The van der Waals surface area contributed by atoms with Gasteiger partial charge in [-0.25, -0.2) is 0 Å². The zero-order valence-electron chi connectivity index (χ0n) is 11.1. The summed E-state index contributed by atoms with van der Waals surface area (Å²) in [6.45, 7) is 6.07. The zero-order valence-corrected chi connectivity index (χ0v) is 11.1. The van der Waals surface area contributed by atoms with Crippen LogP contribution in [0, 0.1) is 31.6 Å². The minimum atomic E-state index is 1.09. The molecule has 0 amide bonds. The highest BCUT2D eigenvalue weighted by Gasteiger charge is 2.17. The standard InChI is InChI=1S/C18H17/c1-4-5-18(16-10-6-14(2)7-11-16)17-12-8-15(3)9-13-17/h6-13H,1-3H3/q+1. The highest BCUT2D eigenvalue weighted by atomic mass is 14.1. The first-order valence-corrected chi connectivity index (χ1v) is 6.14. The Labute approximate surface area is 110 Å². The summed E-state index contributed by atoms with van der Waals surface area (Å²) in [5.41, 5.74) is 4.90. The molecule has 2 aromatic rings. The van der Waals surface area contributed by atoms with Gasteiger partial charge in [0.25, 0.3) is 0 Å². The fourth-order valence-electron chi connectivity index (χ4n) is 1.88. The minimum absolute atomic E-state index is 1.09. The quantitative estimate of drug-likeness (QED) is 0.536. The average molecular weight is 233 g/mol. The SMILES string of the molecule is CC#C[C+](c1ccc(C)cc1)c1ccc(C)cc1. The van der Waals surface area contributed by atoms with E-state index in [0.29, 0.717) is 0 Å². The summed E-state index contributed by atoms with van der Waals surface area (Å²) in [5, 5.41) is 0. The van der Waals surface area contributed by atoms with Crippen LogP contribution in [0.3, 0.4) is 0 Å². The van der Waals surface area contributed by atoms with Gasteiger partial charge in [0.05, 0.1) is 11.1 Å². The van der Waals surface area contributed by atoms with Gasteiger partial charge < -0.3 is 0 Å². The molecule has 0 unspecified atom stereocenters. The molecule has 0 N–H and O–H groups in total. The summed E-state index contributed by atoms with van der Waals surface area (Å²) in [6.07, 6.45) is 0. The van der Waals surface area contributed by atoms with Gasteiger partial charge in [-0.2, -0.15) is 0 Å². The molecule has 0 saturated carbocycles. The first-order chi connectivity index (χ1) is 8.70. The van der Waals surface area contributed by atoms with Crippen molar-refractivity contribution in [3.05, 3.63) is 76.7 Å². The maximum Gasteiger partial charge on any atom is 0.112 e. The van der Waals surface area contributed by atoms with E-state index in [1.807, 2.05) is 6.92 Å². The van der Waals surface area contributed by atoms with Crippen molar-refractivity contribution in [2.45, 2.75) is 20.8 Å². The lowest BCUT2D eigenvalue weighted by molar-refractivity contribution is 1.29. The molecule has 18 heavy (non-hydrogen) atoms. The maximum absolute atomic E-state index is 3.22. The van der Waals surface area contributed by atoms with Crippen molar-refractivity contribution in [2.24, 2.45) is 0 Å². The smallest absolute Gasteiger partial charge is 0.0386 e. The van der Waals surface area contributed by atoms with Crippen LogP contribution in [0.15, 0.2) is 48.5 Å². The summed E-state index contributed by atoms with van der Waals surface area (Å²) in [4.78, 5) is 0. The van der Waals surface area contributed by atoms with E-state index in [-0.39, 0.29) is 0 Å². The van der Waals surface area contributed by atoms with Crippen molar-refractivity contribution in [3.63, 3.8) is 0 Å². The molecule has 0 nitrogen and oxygen atoms in total. The maximum atomic E-state index is 3.22. The monoisotopic (exact) mass is 233 g/mol. The Morgan fingerprint density at radius 2 is 1.11 bits per heavy atom. The van der Waals surface area contributed by atoms with Crippen LogP contribution < -0.4 is 0 Å². The Morgan fingerprint density at radius 1 is 0.722 bits per heavy atom. The van der Waals surface area contributed by atoms with Crippen molar-refractivity contribution >= 4 is 0 Å². The Bertz CT molecular complexity index is 517. The summed E-state index contributed by atoms with van der Waals surface area (Å²) >= 11 is 0. The third kappa shape index (κ3) is 2.76. The fourth-order valence-corrected chi connectivity index (χ4v) is 1.88. The Kier molecular flexibility index (Phi) is 3.75. The van der Waals surface area contributed by atoms with Crippen molar-refractivity contribution in [3.8, 4) is 11.8 Å². The molecule has 0 aliphatic rings. The van der Waals surface area contributed by atoms with Crippen LogP contribution in [-0.4, -0.2) is 0 Å². The van der Waals surface area contributed by atoms with Gasteiger partial charge in [0.2, 0.25) is 0 Å². The van der Waals surface area contributed by atoms with E-state index >= 15 is 0 Å². The lowest BCUT2D eigenvalue weighted by Crippen LogP contribution is -1.99. The van der Waals surface area contributed by atoms with Gasteiger partial charge in [0.1, 0.15) is 5.92 Å². The molecule has 0 saturated heterocycles. The van der Waals surface area contributed by atoms with Gasteiger partial charge in [-0.15, -0.1) is 0 Å². The Balaban J connectivity index is 2.41. The lowest BCUT2D eigenvalue weighted by atomic mass is 9.91. The van der Waals surface area contributed by atoms with E-state index < -0.39 is 0 Å². The number of rotatable bonds is 2. The second-order valence-electron chi connectivity index (χ2n) is 4.48. The molecule has 0 radical (unpaired) electrons. The van der Waals surface area contributed by atoms with Crippen LogP contribution in [0.2, 0.25) is 0 Å². The highest BCUT2D eigenvalue weighted by Crippen LogP contribution is 2.23. The molecule has 0 spiro atoms. The van der Waals surface area contributed by atoms with Gasteiger partial charge >= 0.3 is 0 Å². The van der Waals surface area contributed by atoms with Gasteiger partial charge in [0, 0.05) is 12.8 Å². The van der Waals surface area contributed by atoms with Gasteiger partial charge in [0.15, 0.2) is 0 Å². The molecule has 0 aliphatic heterocycles. The highest BCUT2D eigenvalue weighted by molar-refractivity contribution is 5.55. The molecular formula is C18H17+. The Morgan fingerprint density at radius 3 is 1.44 bits per heavy atom. The lowest BCUT2D eigenvalue weighted by Gasteiger charge is -2.06. The van der Waals surface area contributed by atoms with Crippen LogP contribution in [0.1, 0.15) is 29.2 Å². The van der Waals surface area contributed by atoms with Gasteiger partial charge in [-0.3, -0.25) is 0 Å². The molecular weight excluding hydrogens is 216 g/mol. The van der Waals surface area contributed by atoms with E-state index in [1.165, 1.54) is 22.3 Å². The van der Waals surface area contributed by atoms with Crippen molar-refractivity contribution in [2.75, 3.05) is 0 Å². The van der Waals surface area contributed by atoms with E-state index in [4.69, 9.17) is 0 Å². The van der Waals surface area contributed by atoms with Crippen LogP contribution in [-0.2, 0) is 0 Å². The van der Waals surface area contributed by atoms with E-state index in [9.17, 15) is 0 Å². The summed E-state index contributed by atoms with van der Waals surface area (Å²) in [7, 11) is 0. The predicted octanol–water partition coefficient (Wildman–Crippen LogP) is 4.30.